The van der Waals surface area contributed by atoms with E-state index < -0.39 is 5.79 Å². The summed E-state index contributed by atoms with van der Waals surface area (Å²) in [4.78, 5) is 0. The SMILES string of the molecule is CCC(O)(O)CC.Nc1ccccc1CCCO. The lowest BCUT2D eigenvalue weighted by Gasteiger charge is -2.15. The van der Waals surface area contributed by atoms with E-state index in [-0.39, 0.29) is 6.61 Å². The second kappa shape index (κ2) is 8.91. The molecule has 1 aromatic carbocycles. The molecule has 0 bridgehead atoms. The molecule has 1 aromatic rings. The molecule has 0 fully saturated rings. The fourth-order valence-corrected chi connectivity index (χ4v) is 1.28. The Labute approximate surface area is 109 Å². The molecule has 0 heterocycles. The molecule has 0 atom stereocenters. The summed E-state index contributed by atoms with van der Waals surface area (Å²) in [7, 11) is 0. The van der Waals surface area contributed by atoms with Gasteiger partial charge in [-0.2, -0.15) is 0 Å². The van der Waals surface area contributed by atoms with Crippen molar-refractivity contribution in [2.75, 3.05) is 12.3 Å². The molecule has 0 spiro atoms. The quantitative estimate of drug-likeness (QED) is 0.476. The summed E-state index contributed by atoms with van der Waals surface area (Å²) in [5, 5.41) is 26.0. The molecule has 18 heavy (non-hydrogen) atoms. The van der Waals surface area contributed by atoms with Gasteiger partial charge in [-0.3, -0.25) is 0 Å². The second-order valence-corrected chi connectivity index (χ2v) is 4.22. The number of aliphatic hydroxyl groups is 3. The first-order chi connectivity index (χ1) is 8.46. The zero-order chi connectivity index (χ0) is 14.0. The molecule has 0 amide bonds. The van der Waals surface area contributed by atoms with Crippen LogP contribution >= 0.6 is 0 Å². The van der Waals surface area contributed by atoms with Gasteiger partial charge in [-0.05, 0) is 37.3 Å². The van der Waals surface area contributed by atoms with Crippen LogP contribution in [0.25, 0.3) is 0 Å². The molecule has 0 saturated carbocycles. The van der Waals surface area contributed by atoms with E-state index in [0.29, 0.717) is 12.8 Å². The second-order valence-electron chi connectivity index (χ2n) is 4.22. The van der Waals surface area contributed by atoms with Crippen LogP contribution in [0.15, 0.2) is 24.3 Å². The third kappa shape index (κ3) is 7.27. The van der Waals surface area contributed by atoms with Crippen LogP contribution in [0.3, 0.4) is 0 Å². The van der Waals surface area contributed by atoms with Crippen molar-refractivity contribution < 1.29 is 15.3 Å². The lowest BCUT2D eigenvalue weighted by molar-refractivity contribution is -0.163. The van der Waals surface area contributed by atoms with Gasteiger partial charge in [0, 0.05) is 12.3 Å². The van der Waals surface area contributed by atoms with Crippen LogP contribution < -0.4 is 5.73 Å². The van der Waals surface area contributed by atoms with E-state index in [1.54, 1.807) is 13.8 Å². The molecule has 4 nitrogen and oxygen atoms in total. The van der Waals surface area contributed by atoms with E-state index in [0.717, 1.165) is 24.1 Å². The van der Waals surface area contributed by atoms with Gasteiger partial charge in [0.2, 0.25) is 0 Å². The van der Waals surface area contributed by atoms with Gasteiger partial charge in [-0.15, -0.1) is 0 Å². The molecule has 0 aliphatic carbocycles. The molecule has 0 radical (unpaired) electrons. The van der Waals surface area contributed by atoms with Gasteiger partial charge in [0.1, 0.15) is 0 Å². The lowest BCUT2D eigenvalue weighted by Crippen LogP contribution is -2.24. The predicted octanol–water partition coefficient (Wildman–Crippen LogP) is 1.68. The molecular weight excluding hydrogens is 230 g/mol. The van der Waals surface area contributed by atoms with Crippen LogP contribution in [0.1, 0.15) is 38.7 Å². The van der Waals surface area contributed by atoms with Crippen molar-refractivity contribution in [2.45, 2.75) is 45.3 Å². The van der Waals surface area contributed by atoms with E-state index in [1.165, 1.54) is 0 Å². The summed E-state index contributed by atoms with van der Waals surface area (Å²) in [6, 6.07) is 7.75. The van der Waals surface area contributed by atoms with Crippen LogP contribution in [0.4, 0.5) is 5.69 Å². The zero-order valence-electron chi connectivity index (χ0n) is 11.3. The Morgan fingerprint density at radius 2 is 1.67 bits per heavy atom. The summed E-state index contributed by atoms with van der Waals surface area (Å²) in [6.45, 7) is 3.71. The Kier molecular flexibility index (Phi) is 8.37. The number of aliphatic hydroxyl groups excluding tert-OH is 1. The van der Waals surface area contributed by atoms with E-state index in [4.69, 9.17) is 21.1 Å². The Morgan fingerprint density at radius 1 is 1.11 bits per heavy atom. The molecule has 0 aliphatic rings. The highest BCUT2D eigenvalue weighted by molar-refractivity contribution is 5.46. The fourth-order valence-electron chi connectivity index (χ4n) is 1.28. The zero-order valence-corrected chi connectivity index (χ0v) is 11.3. The van der Waals surface area contributed by atoms with Crippen molar-refractivity contribution in [3.8, 4) is 0 Å². The summed E-state index contributed by atoms with van der Waals surface area (Å²) in [6.07, 6.45) is 2.46. The van der Waals surface area contributed by atoms with E-state index in [1.807, 2.05) is 24.3 Å². The van der Waals surface area contributed by atoms with Crippen molar-refractivity contribution in [1.29, 1.82) is 0 Å². The van der Waals surface area contributed by atoms with Gasteiger partial charge < -0.3 is 21.1 Å². The van der Waals surface area contributed by atoms with Gasteiger partial charge >= 0.3 is 0 Å². The summed E-state index contributed by atoms with van der Waals surface area (Å²) in [5.74, 6) is -1.42. The first-order valence-electron chi connectivity index (χ1n) is 6.35. The first-order valence-corrected chi connectivity index (χ1v) is 6.35. The monoisotopic (exact) mass is 255 g/mol. The third-order valence-electron chi connectivity index (χ3n) is 2.79. The van der Waals surface area contributed by atoms with E-state index in [9.17, 15) is 0 Å². The maximum atomic E-state index is 8.69. The Hall–Kier alpha value is -1.10. The Balaban J connectivity index is 0.000000360. The summed E-state index contributed by atoms with van der Waals surface area (Å²) >= 11 is 0. The van der Waals surface area contributed by atoms with E-state index >= 15 is 0 Å². The molecule has 0 aliphatic heterocycles. The minimum Gasteiger partial charge on any atom is -0.399 e. The number of anilines is 1. The van der Waals surface area contributed by atoms with Crippen LogP contribution in [-0.4, -0.2) is 27.7 Å². The third-order valence-corrected chi connectivity index (χ3v) is 2.79. The predicted molar refractivity (Wildman–Crippen MR) is 74.0 cm³/mol. The van der Waals surface area contributed by atoms with Crippen molar-refractivity contribution >= 4 is 5.69 Å². The Bertz CT molecular complexity index is 321. The fraction of sp³-hybridized carbons (Fsp3) is 0.571. The number of para-hydroxylation sites is 1. The minimum absolute atomic E-state index is 0.230. The number of hydrogen-bond acceptors (Lipinski definition) is 4. The standard InChI is InChI=1S/C9H13NO.C5H12O2/c10-9-6-2-1-4-8(9)5-3-7-11;1-3-5(6,7)4-2/h1-2,4,6,11H,3,5,7,10H2;6-7H,3-4H2,1-2H3. The highest BCUT2D eigenvalue weighted by Gasteiger charge is 2.15. The van der Waals surface area contributed by atoms with E-state index in [2.05, 4.69) is 0 Å². The highest BCUT2D eigenvalue weighted by Crippen LogP contribution is 2.11. The van der Waals surface area contributed by atoms with Gasteiger partial charge in [0.25, 0.3) is 0 Å². The smallest absolute Gasteiger partial charge is 0.161 e. The molecule has 0 unspecified atom stereocenters. The van der Waals surface area contributed by atoms with Crippen LogP contribution in [0.5, 0.6) is 0 Å². The normalized spacial score (nSPS) is 10.7. The molecule has 104 valence electrons. The average molecular weight is 255 g/mol. The van der Waals surface area contributed by atoms with Gasteiger partial charge in [0.15, 0.2) is 5.79 Å². The summed E-state index contributed by atoms with van der Waals surface area (Å²) < 4.78 is 0. The minimum atomic E-state index is -1.42. The molecule has 5 N–H and O–H groups in total. The van der Waals surface area contributed by atoms with Crippen LogP contribution in [-0.2, 0) is 6.42 Å². The molecule has 4 heteroatoms. The van der Waals surface area contributed by atoms with Gasteiger partial charge in [-0.1, -0.05) is 32.0 Å². The van der Waals surface area contributed by atoms with Crippen LogP contribution in [0.2, 0.25) is 0 Å². The van der Waals surface area contributed by atoms with Crippen molar-refractivity contribution in [2.24, 2.45) is 0 Å². The van der Waals surface area contributed by atoms with Crippen molar-refractivity contribution in [3.05, 3.63) is 29.8 Å². The maximum Gasteiger partial charge on any atom is 0.161 e. The molecule has 0 aromatic heterocycles. The maximum absolute atomic E-state index is 8.69. The van der Waals surface area contributed by atoms with Gasteiger partial charge in [0.05, 0.1) is 0 Å². The number of nitrogen functional groups attached to an aromatic ring is 1. The number of hydrogen-bond donors (Lipinski definition) is 4. The van der Waals surface area contributed by atoms with Crippen molar-refractivity contribution in [3.63, 3.8) is 0 Å². The highest BCUT2D eigenvalue weighted by atomic mass is 16.5. The topological polar surface area (TPSA) is 86.7 Å². The average Bonchev–Trinajstić information content (AvgIpc) is 2.39. The Morgan fingerprint density at radius 3 is 2.06 bits per heavy atom. The van der Waals surface area contributed by atoms with Crippen LogP contribution in [0, 0.1) is 0 Å². The summed E-state index contributed by atoms with van der Waals surface area (Å²) in [5.41, 5.74) is 7.63. The van der Waals surface area contributed by atoms with Crippen molar-refractivity contribution in [1.82, 2.24) is 0 Å². The largest absolute Gasteiger partial charge is 0.399 e. The lowest BCUT2D eigenvalue weighted by atomic mass is 10.1. The molecule has 0 saturated heterocycles. The first kappa shape index (κ1) is 16.9. The number of aryl methyl sites for hydroxylation is 1. The number of benzene rings is 1. The number of nitrogens with two attached hydrogens (primary N) is 1. The number of rotatable bonds is 5. The molecular formula is C14H25NO3. The molecule has 1 rings (SSSR count). The van der Waals surface area contributed by atoms with Gasteiger partial charge in [-0.25, -0.2) is 0 Å².